The Morgan fingerprint density at radius 3 is 2.75 bits per heavy atom. The van der Waals surface area contributed by atoms with Crippen LogP contribution in [-0.2, 0) is 5.75 Å². The van der Waals surface area contributed by atoms with Crippen molar-refractivity contribution in [2.24, 2.45) is 0 Å². The summed E-state index contributed by atoms with van der Waals surface area (Å²) in [5.74, 6) is 0.743. The summed E-state index contributed by atoms with van der Waals surface area (Å²) >= 11 is 1.57. The molecule has 20 heavy (non-hydrogen) atoms. The van der Waals surface area contributed by atoms with Gasteiger partial charge in [-0.2, -0.15) is 4.68 Å². The number of para-hydroxylation sites is 1. The molecule has 1 aromatic carbocycles. The number of benzene rings is 1. The molecule has 0 bridgehead atoms. The highest BCUT2D eigenvalue weighted by Gasteiger charge is 2.10. The number of pyridine rings is 1. The van der Waals surface area contributed by atoms with Crippen LogP contribution in [0.15, 0.2) is 53.8 Å². The summed E-state index contributed by atoms with van der Waals surface area (Å²) in [6, 6.07) is 13.9. The zero-order chi connectivity index (χ0) is 13.8. The average Bonchev–Trinajstić information content (AvgIpc) is 2.95. The van der Waals surface area contributed by atoms with Gasteiger partial charge in [-0.1, -0.05) is 36.0 Å². The van der Waals surface area contributed by atoms with E-state index >= 15 is 0 Å². The number of hydrogen-bond donors (Lipinski definition) is 0. The lowest BCUT2D eigenvalue weighted by molar-refractivity contribution is 0.752. The van der Waals surface area contributed by atoms with Gasteiger partial charge in [0.1, 0.15) is 0 Å². The first-order chi connectivity index (χ1) is 9.84. The average molecular weight is 283 g/mol. The molecule has 0 N–H and O–H groups in total. The number of aryl methyl sites for hydroxylation is 1. The van der Waals surface area contributed by atoms with Crippen molar-refractivity contribution in [2.45, 2.75) is 17.8 Å². The molecule has 0 fully saturated rings. The van der Waals surface area contributed by atoms with Gasteiger partial charge >= 0.3 is 0 Å². The molecule has 0 spiro atoms. The molecule has 0 atom stereocenters. The third-order valence-corrected chi connectivity index (χ3v) is 3.81. The predicted octanol–water partition coefficient (Wildman–Crippen LogP) is 2.66. The Kier molecular flexibility index (Phi) is 3.73. The second kappa shape index (κ2) is 5.83. The Morgan fingerprint density at radius 1 is 1.10 bits per heavy atom. The SMILES string of the molecule is Cc1ccccc1-n1nnnc1SCc1ccccn1. The van der Waals surface area contributed by atoms with E-state index in [1.165, 1.54) is 0 Å². The zero-order valence-corrected chi connectivity index (χ0v) is 11.8. The van der Waals surface area contributed by atoms with E-state index in [1.54, 1.807) is 22.6 Å². The van der Waals surface area contributed by atoms with Crippen LogP contribution in [0.1, 0.15) is 11.3 Å². The molecule has 5 nitrogen and oxygen atoms in total. The third kappa shape index (κ3) is 2.70. The van der Waals surface area contributed by atoms with Crippen molar-refractivity contribution in [3.63, 3.8) is 0 Å². The van der Waals surface area contributed by atoms with Crippen LogP contribution < -0.4 is 0 Å². The Hall–Kier alpha value is -2.21. The molecule has 100 valence electrons. The number of hydrogen-bond acceptors (Lipinski definition) is 5. The largest absolute Gasteiger partial charge is 0.260 e. The van der Waals surface area contributed by atoms with Crippen molar-refractivity contribution in [1.82, 2.24) is 25.2 Å². The van der Waals surface area contributed by atoms with Gasteiger partial charge in [0.15, 0.2) is 0 Å². The predicted molar refractivity (Wildman–Crippen MR) is 77.7 cm³/mol. The lowest BCUT2D eigenvalue weighted by Gasteiger charge is -2.06. The topological polar surface area (TPSA) is 56.5 Å². The first-order valence-electron chi connectivity index (χ1n) is 6.22. The summed E-state index contributed by atoms with van der Waals surface area (Å²) in [5, 5.41) is 12.7. The van der Waals surface area contributed by atoms with Gasteiger partial charge < -0.3 is 0 Å². The van der Waals surface area contributed by atoms with Crippen molar-refractivity contribution in [2.75, 3.05) is 0 Å². The molecule has 0 saturated heterocycles. The summed E-state index contributed by atoms with van der Waals surface area (Å²) in [4.78, 5) is 4.30. The van der Waals surface area contributed by atoms with Gasteiger partial charge in [0.05, 0.1) is 11.4 Å². The lowest BCUT2D eigenvalue weighted by atomic mass is 10.2. The molecule has 3 aromatic rings. The summed E-state index contributed by atoms with van der Waals surface area (Å²) in [6.45, 7) is 2.05. The summed E-state index contributed by atoms with van der Waals surface area (Å²) < 4.78 is 1.77. The van der Waals surface area contributed by atoms with Gasteiger partial charge in [-0.25, -0.2) is 0 Å². The number of aromatic nitrogens is 5. The number of rotatable bonds is 4. The monoisotopic (exact) mass is 283 g/mol. The van der Waals surface area contributed by atoms with Gasteiger partial charge in [0.25, 0.3) is 0 Å². The highest BCUT2D eigenvalue weighted by molar-refractivity contribution is 7.98. The van der Waals surface area contributed by atoms with Crippen LogP contribution in [0.4, 0.5) is 0 Å². The van der Waals surface area contributed by atoms with Crippen LogP contribution in [0.25, 0.3) is 5.69 Å². The number of nitrogens with zero attached hydrogens (tertiary/aromatic N) is 5. The first-order valence-corrected chi connectivity index (χ1v) is 7.20. The lowest BCUT2D eigenvalue weighted by Crippen LogP contribution is -2.01. The van der Waals surface area contributed by atoms with E-state index in [0.29, 0.717) is 0 Å². The molecule has 0 radical (unpaired) electrons. The highest BCUT2D eigenvalue weighted by atomic mass is 32.2. The summed E-state index contributed by atoms with van der Waals surface area (Å²) in [7, 11) is 0. The van der Waals surface area contributed by atoms with Crippen LogP contribution in [-0.4, -0.2) is 25.2 Å². The van der Waals surface area contributed by atoms with Crippen LogP contribution in [0, 0.1) is 6.92 Å². The van der Waals surface area contributed by atoms with Crippen molar-refractivity contribution in [3.8, 4) is 5.69 Å². The van der Waals surface area contributed by atoms with Crippen LogP contribution in [0.2, 0.25) is 0 Å². The Labute approximate surface area is 121 Å². The maximum Gasteiger partial charge on any atom is 0.214 e. The van der Waals surface area contributed by atoms with Crippen molar-refractivity contribution >= 4 is 11.8 Å². The maximum absolute atomic E-state index is 4.30. The molecule has 0 unspecified atom stereocenters. The third-order valence-electron chi connectivity index (χ3n) is 2.86. The molecule has 0 saturated carbocycles. The minimum atomic E-state index is 0.743. The van der Waals surface area contributed by atoms with E-state index < -0.39 is 0 Å². The molecule has 2 heterocycles. The molecule has 0 aliphatic rings. The normalized spacial score (nSPS) is 10.7. The molecule has 3 rings (SSSR count). The van der Waals surface area contributed by atoms with Crippen molar-refractivity contribution in [1.29, 1.82) is 0 Å². The standard InChI is InChI=1S/C14H13N5S/c1-11-6-2-3-8-13(11)19-14(16-17-18-19)20-10-12-7-4-5-9-15-12/h2-9H,10H2,1H3. The van der Waals surface area contributed by atoms with Gasteiger partial charge in [-0.15, -0.1) is 5.10 Å². The molecule has 6 heteroatoms. The number of tetrazole rings is 1. The second-order valence-electron chi connectivity index (χ2n) is 4.27. The van der Waals surface area contributed by atoms with Crippen molar-refractivity contribution in [3.05, 3.63) is 59.9 Å². The van der Waals surface area contributed by atoms with E-state index in [9.17, 15) is 0 Å². The summed E-state index contributed by atoms with van der Waals surface area (Å²) in [5.41, 5.74) is 3.15. The maximum atomic E-state index is 4.30. The molecule has 0 aliphatic heterocycles. The fourth-order valence-electron chi connectivity index (χ4n) is 1.84. The van der Waals surface area contributed by atoms with E-state index in [1.807, 2.05) is 49.4 Å². The van der Waals surface area contributed by atoms with Crippen LogP contribution >= 0.6 is 11.8 Å². The van der Waals surface area contributed by atoms with Crippen molar-refractivity contribution < 1.29 is 0 Å². The Balaban J connectivity index is 1.83. The van der Waals surface area contributed by atoms with Gasteiger partial charge in [0.2, 0.25) is 5.16 Å². The fraction of sp³-hybridized carbons (Fsp3) is 0.143. The minimum Gasteiger partial charge on any atom is -0.260 e. The fourth-order valence-corrected chi connectivity index (χ4v) is 2.64. The quantitative estimate of drug-likeness (QED) is 0.689. The van der Waals surface area contributed by atoms with E-state index in [2.05, 4.69) is 20.5 Å². The van der Waals surface area contributed by atoms with Crippen LogP contribution in [0.3, 0.4) is 0 Å². The van der Waals surface area contributed by atoms with E-state index in [-0.39, 0.29) is 0 Å². The van der Waals surface area contributed by atoms with E-state index in [4.69, 9.17) is 0 Å². The molecule has 0 aliphatic carbocycles. The number of thioether (sulfide) groups is 1. The molecular formula is C14H13N5S. The highest BCUT2D eigenvalue weighted by Crippen LogP contribution is 2.22. The first kappa shape index (κ1) is 12.8. The Bertz CT molecular complexity index is 696. The second-order valence-corrected chi connectivity index (χ2v) is 5.21. The minimum absolute atomic E-state index is 0.743. The molecular weight excluding hydrogens is 270 g/mol. The van der Waals surface area contributed by atoms with E-state index in [0.717, 1.165) is 27.9 Å². The zero-order valence-electron chi connectivity index (χ0n) is 11.0. The van der Waals surface area contributed by atoms with Gasteiger partial charge in [-0.05, 0) is 41.1 Å². The van der Waals surface area contributed by atoms with Crippen LogP contribution in [0.5, 0.6) is 0 Å². The van der Waals surface area contributed by atoms with Gasteiger partial charge in [-0.3, -0.25) is 4.98 Å². The molecule has 0 amide bonds. The smallest absolute Gasteiger partial charge is 0.214 e. The summed E-state index contributed by atoms with van der Waals surface area (Å²) in [6.07, 6.45) is 1.79. The Morgan fingerprint density at radius 2 is 1.95 bits per heavy atom. The van der Waals surface area contributed by atoms with Gasteiger partial charge in [0, 0.05) is 11.9 Å². The molecule has 2 aromatic heterocycles.